The fraction of sp³-hybridized carbons (Fsp3) is 0.500. The Bertz CT molecular complexity index is 445. The summed E-state index contributed by atoms with van der Waals surface area (Å²) in [6, 6.07) is 6.22. The Morgan fingerprint density at radius 3 is 2.41 bits per heavy atom. The second-order valence-corrected chi connectivity index (χ2v) is 6.49. The maximum atomic E-state index is 12.1. The number of hydrogen-bond acceptors (Lipinski definition) is 2. The van der Waals surface area contributed by atoms with E-state index in [9.17, 15) is 9.00 Å². The van der Waals surface area contributed by atoms with E-state index in [-0.39, 0.29) is 11.0 Å². The van der Waals surface area contributed by atoms with Crippen molar-refractivity contribution in [1.82, 2.24) is 0 Å². The first-order valence-electron chi connectivity index (χ1n) is 6.03. The number of Topliss-reactive ketones (excluding diaryl/α,β-unsaturated/α-hetero) is 1. The van der Waals surface area contributed by atoms with Gasteiger partial charge in [0.2, 0.25) is 0 Å². The average Bonchev–Trinajstić information content (AvgIpc) is 2.62. The molecule has 0 bridgehead atoms. The lowest BCUT2D eigenvalue weighted by atomic mass is 10.1. The highest BCUT2D eigenvalue weighted by molar-refractivity contribution is 7.85. The van der Waals surface area contributed by atoms with Gasteiger partial charge in [-0.1, -0.05) is 29.3 Å². The van der Waals surface area contributed by atoms with Gasteiger partial charge in [-0.05, 0) is 32.3 Å². The molecule has 0 heterocycles. The number of rotatable bonds is 3. The molecule has 0 amide bonds. The van der Waals surface area contributed by atoms with Crippen molar-refractivity contribution in [3.05, 3.63) is 34.9 Å². The van der Waals surface area contributed by atoms with Gasteiger partial charge in [0.25, 0.3) is 0 Å². The molecule has 1 aliphatic carbocycles. The van der Waals surface area contributed by atoms with E-state index in [2.05, 4.69) is 18.2 Å². The van der Waals surface area contributed by atoms with Gasteiger partial charge in [-0.15, -0.1) is 0 Å². The zero-order chi connectivity index (χ0) is 12.4. The predicted octanol–water partition coefficient (Wildman–Crippen LogP) is 2.67. The molecular weight excluding hydrogens is 232 g/mol. The van der Waals surface area contributed by atoms with E-state index >= 15 is 0 Å². The summed E-state index contributed by atoms with van der Waals surface area (Å²) in [6.07, 6.45) is 2.32. The minimum absolute atomic E-state index is 0.188. The predicted molar refractivity (Wildman–Crippen MR) is 70.4 cm³/mol. The van der Waals surface area contributed by atoms with Gasteiger partial charge in [-0.3, -0.25) is 9.00 Å². The van der Waals surface area contributed by atoms with Gasteiger partial charge in [0, 0.05) is 23.0 Å². The van der Waals surface area contributed by atoms with Crippen LogP contribution in [-0.4, -0.2) is 15.2 Å². The van der Waals surface area contributed by atoms with Gasteiger partial charge >= 0.3 is 0 Å². The summed E-state index contributed by atoms with van der Waals surface area (Å²) in [4.78, 5) is 11.5. The van der Waals surface area contributed by atoms with Crippen molar-refractivity contribution in [2.24, 2.45) is 0 Å². The van der Waals surface area contributed by atoms with E-state index in [1.54, 1.807) is 0 Å². The zero-order valence-electron chi connectivity index (χ0n) is 10.4. The maximum Gasteiger partial charge on any atom is 0.148 e. The van der Waals surface area contributed by atoms with Crippen LogP contribution in [0.3, 0.4) is 0 Å². The van der Waals surface area contributed by atoms with Crippen LogP contribution < -0.4 is 0 Å². The molecule has 2 rings (SSSR count). The normalized spacial score (nSPS) is 21.8. The van der Waals surface area contributed by atoms with Crippen LogP contribution in [0.4, 0.5) is 0 Å². The lowest BCUT2D eigenvalue weighted by Gasteiger charge is -2.09. The molecular formula is C14H18O2S. The van der Waals surface area contributed by atoms with Gasteiger partial charge in [-0.25, -0.2) is 0 Å². The number of benzene rings is 1. The molecule has 1 aromatic carbocycles. The molecule has 0 aromatic heterocycles. The lowest BCUT2D eigenvalue weighted by Crippen LogP contribution is -2.21. The second kappa shape index (κ2) is 5.13. The van der Waals surface area contributed by atoms with Crippen LogP contribution in [0.5, 0.6) is 0 Å². The number of carbonyl (C=O) groups excluding carboxylic acids is 1. The molecule has 1 fully saturated rings. The number of aryl methyl sites for hydroxylation is 2. The van der Waals surface area contributed by atoms with Gasteiger partial charge in [0.05, 0.1) is 5.25 Å². The Labute approximate surface area is 105 Å². The average molecular weight is 250 g/mol. The van der Waals surface area contributed by atoms with Crippen molar-refractivity contribution in [3.63, 3.8) is 0 Å². The van der Waals surface area contributed by atoms with E-state index in [1.165, 1.54) is 11.1 Å². The van der Waals surface area contributed by atoms with Gasteiger partial charge < -0.3 is 0 Å². The summed E-state index contributed by atoms with van der Waals surface area (Å²) < 4.78 is 12.1. The van der Waals surface area contributed by atoms with E-state index in [4.69, 9.17) is 0 Å². The first kappa shape index (κ1) is 12.5. The Balaban J connectivity index is 2.10. The monoisotopic (exact) mass is 250 g/mol. The van der Waals surface area contributed by atoms with Crippen LogP contribution in [0.1, 0.15) is 36.0 Å². The van der Waals surface area contributed by atoms with Crippen LogP contribution in [0.15, 0.2) is 18.2 Å². The Kier molecular flexibility index (Phi) is 3.77. The molecule has 2 atom stereocenters. The lowest BCUT2D eigenvalue weighted by molar-refractivity contribution is -0.117. The van der Waals surface area contributed by atoms with E-state index in [1.807, 2.05) is 13.8 Å². The van der Waals surface area contributed by atoms with Crippen LogP contribution in [-0.2, 0) is 21.3 Å². The first-order valence-corrected chi connectivity index (χ1v) is 7.41. The molecule has 0 aliphatic heterocycles. The Hall–Kier alpha value is -0.960. The number of ketones is 1. The Morgan fingerprint density at radius 2 is 1.88 bits per heavy atom. The van der Waals surface area contributed by atoms with E-state index < -0.39 is 10.8 Å². The van der Waals surface area contributed by atoms with Crippen molar-refractivity contribution < 1.29 is 9.00 Å². The SMILES string of the molecule is Cc1cc(C)cc(CS(=O)C2CCCC2=O)c1. The molecule has 0 spiro atoms. The highest BCUT2D eigenvalue weighted by Gasteiger charge is 2.29. The largest absolute Gasteiger partial charge is 0.298 e. The Morgan fingerprint density at radius 1 is 1.24 bits per heavy atom. The summed E-state index contributed by atoms with van der Waals surface area (Å²) in [6.45, 7) is 4.08. The molecule has 1 aliphatic rings. The summed E-state index contributed by atoms with van der Waals surface area (Å²) in [7, 11) is -1.04. The third-order valence-electron chi connectivity index (χ3n) is 3.16. The highest BCUT2D eigenvalue weighted by atomic mass is 32.2. The van der Waals surface area contributed by atoms with Crippen molar-refractivity contribution in [3.8, 4) is 0 Å². The van der Waals surface area contributed by atoms with Gasteiger partial charge in [-0.2, -0.15) is 0 Å². The van der Waals surface area contributed by atoms with E-state index in [0.29, 0.717) is 12.2 Å². The third kappa shape index (κ3) is 3.03. The third-order valence-corrected chi connectivity index (χ3v) is 4.91. The molecule has 2 unspecified atom stereocenters. The highest BCUT2D eigenvalue weighted by Crippen LogP contribution is 2.22. The fourth-order valence-corrected chi connectivity index (χ4v) is 4.02. The van der Waals surface area contributed by atoms with Crippen molar-refractivity contribution >= 4 is 16.6 Å². The van der Waals surface area contributed by atoms with Crippen LogP contribution >= 0.6 is 0 Å². The molecule has 0 N–H and O–H groups in total. The minimum atomic E-state index is -1.04. The zero-order valence-corrected chi connectivity index (χ0v) is 11.2. The quantitative estimate of drug-likeness (QED) is 0.826. The van der Waals surface area contributed by atoms with Crippen LogP contribution in [0.2, 0.25) is 0 Å². The molecule has 92 valence electrons. The van der Waals surface area contributed by atoms with Crippen molar-refractivity contribution in [2.45, 2.75) is 44.1 Å². The van der Waals surface area contributed by atoms with Crippen LogP contribution in [0, 0.1) is 13.8 Å². The summed E-state index contributed by atoms with van der Waals surface area (Å²) in [5, 5.41) is -0.212. The molecule has 1 saturated carbocycles. The number of hydrogen-bond donors (Lipinski definition) is 0. The van der Waals surface area contributed by atoms with Crippen molar-refractivity contribution in [1.29, 1.82) is 0 Å². The molecule has 0 radical (unpaired) electrons. The smallest absolute Gasteiger partial charge is 0.148 e. The first-order chi connectivity index (χ1) is 8.06. The molecule has 3 heteroatoms. The topological polar surface area (TPSA) is 34.1 Å². The molecule has 1 aromatic rings. The standard InChI is InChI=1S/C14H18O2S/c1-10-6-11(2)8-12(7-10)9-17(16)14-5-3-4-13(14)15/h6-8,14H,3-5,9H2,1-2H3. The molecule has 0 saturated heterocycles. The van der Waals surface area contributed by atoms with Gasteiger partial charge in [0.15, 0.2) is 0 Å². The minimum Gasteiger partial charge on any atom is -0.298 e. The molecule has 17 heavy (non-hydrogen) atoms. The summed E-state index contributed by atoms with van der Waals surface area (Å²) in [5.74, 6) is 0.701. The summed E-state index contributed by atoms with van der Waals surface area (Å²) in [5.41, 5.74) is 3.46. The van der Waals surface area contributed by atoms with Crippen LogP contribution in [0.25, 0.3) is 0 Å². The van der Waals surface area contributed by atoms with Crippen molar-refractivity contribution in [2.75, 3.05) is 0 Å². The molecule has 2 nitrogen and oxygen atoms in total. The van der Waals surface area contributed by atoms with E-state index in [0.717, 1.165) is 18.4 Å². The maximum absolute atomic E-state index is 12.1. The summed E-state index contributed by atoms with van der Waals surface area (Å²) >= 11 is 0. The fourth-order valence-electron chi connectivity index (χ4n) is 2.48. The van der Waals surface area contributed by atoms with Gasteiger partial charge in [0.1, 0.15) is 5.78 Å². The second-order valence-electron chi connectivity index (χ2n) is 4.87. The number of carbonyl (C=O) groups is 1.